The molecule has 0 aliphatic rings. The molecule has 218 valence electrons. The number of carbonyl (C=O) groups is 4. The quantitative estimate of drug-likeness (QED) is 0.241. The normalized spacial score (nSPS) is 11.6. The molecule has 0 radical (unpaired) electrons. The number of carbonyl (C=O) groups excluding carboxylic acids is 4. The topological polar surface area (TPSA) is 105 Å². The van der Waals surface area contributed by atoms with E-state index in [9.17, 15) is 19.2 Å². The summed E-state index contributed by atoms with van der Waals surface area (Å²) in [4.78, 5) is 50.3. The first kappa shape index (κ1) is 32.5. The SMILES string of the molecule is CC(=O)Oc1cc(C)c(-c2c(C)cc(OC(C)=O)cc2C(=O)OCCC(C)(C)C)c(C(=O)OCCC(C)(C)C)c1. The van der Waals surface area contributed by atoms with E-state index in [1.54, 1.807) is 26.0 Å². The zero-order valence-corrected chi connectivity index (χ0v) is 25.4. The molecule has 0 fully saturated rings. The van der Waals surface area contributed by atoms with Crippen molar-refractivity contribution >= 4 is 23.9 Å². The van der Waals surface area contributed by atoms with E-state index in [4.69, 9.17) is 18.9 Å². The van der Waals surface area contributed by atoms with Crippen LogP contribution >= 0.6 is 0 Å². The second-order valence-corrected chi connectivity index (χ2v) is 12.4. The summed E-state index contributed by atoms with van der Waals surface area (Å²) < 4.78 is 21.9. The summed E-state index contributed by atoms with van der Waals surface area (Å²) in [5.41, 5.74) is 2.20. The van der Waals surface area contributed by atoms with Crippen LogP contribution in [-0.2, 0) is 19.1 Å². The second-order valence-electron chi connectivity index (χ2n) is 12.4. The molecule has 0 aliphatic heterocycles. The van der Waals surface area contributed by atoms with Gasteiger partial charge in [0.15, 0.2) is 0 Å². The van der Waals surface area contributed by atoms with Crippen LogP contribution in [0.4, 0.5) is 0 Å². The first-order chi connectivity index (χ1) is 18.4. The van der Waals surface area contributed by atoms with Gasteiger partial charge in [-0.15, -0.1) is 0 Å². The Hall–Kier alpha value is -3.68. The third-order valence-electron chi connectivity index (χ3n) is 6.00. The van der Waals surface area contributed by atoms with Gasteiger partial charge in [-0.2, -0.15) is 0 Å². The molecule has 0 saturated carbocycles. The van der Waals surface area contributed by atoms with Gasteiger partial charge < -0.3 is 18.9 Å². The zero-order valence-electron chi connectivity index (χ0n) is 25.4. The van der Waals surface area contributed by atoms with Crippen LogP contribution in [0.2, 0.25) is 0 Å². The number of benzene rings is 2. The highest BCUT2D eigenvalue weighted by Crippen LogP contribution is 2.39. The molecule has 0 spiro atoms. The Morgan fingerprint density at radius 2 is 0.925 bits per heavy atom. The summed E-state index contributed by atoms with van der Waals surface area (Å²) in [5, 5.41) is 0. The summed E-state index contributed by atoms with van der Waals surface area (Å²) in [6.07, 6.45) is 1.27. The molecule has 0 N–H and O–H groups in total. The highest BCUT2D eigenvalue weighted by molar-refractivity contribution is 6.05. The highest BCUT2D eigenvalue weighted by atomic mass is 16.5. The predicted molar refractivity (Wildman–Crippen MR) is 153 cm³/mol. The van der Waals surface area contributed by atoms with E-state index in [2.05, 4.69) is 0 Å². The first-order valence-electron chi connectivity index (χ1n) is 13.4. The lowest BCUT2D eigenvalue weighted by molar-refractivity contribution is -0.132. The molecular weight excluding hydrogens is 512 g/mol. The molecule has 0 heterocycles. The average Bonchev–Trinajstić information content (AvgIpc) is 2.76. The van der Waals surface area contributed by atoms with Gasteiger partial charge in [0.2, 0.25) is 0 Å². The number of ether oxygens (including phenoxy) is 4. The Labute approximate surface area is 237 Å². The Morgan fingerprint density at radius 3 is 1.20 bits per heavy atom. The summed E-state index contributed by atoms with van der Waals surface area (Å²) in [5.74, 6) is -1.95. The summed E-state index contributed by atoms with van der Waals surface area (Å²) in [7, 11) is 0. The Balaban J connectivity index is 2.73. The van der Waals surface area contributed by atoms with Crippen LogP contribution in [-0.4, -0.2) is 37.1 Å². The molecule has 2 aromatic rings. The summed E-state index contributed by atoms with van der Waals surface area (Å²) >= 11 is 0. The van der Waals surface area contributed by atoms with Gasteiger partial charge >= 0.3 is 23.9 Å². The minimum atomic E-state index is -0.619. The molecule has 40 heavy (non-hydrogen) atoms. The fraction of sp³-hybridized carbons (Fsp3) is 0.500. The molecule has 0 atom stereocenters. The first-order valence-corrected chi connectivity index (χ1v) is 13.4. The molecule has 2 rings (SSSR count). The number of hydrogen-bond donors (Lipinski definition) is 0. The van der Waals surface area contributed by atoms with E-state index in [1.807, 2.05) is 41.5 Å². The molecule has 0 bridgehead atoms. The van der Waals surface area contributed by atoms with Gasteiger partial charge in [-0.3, -0.25) is 9.59 Å². The van der Waals surface area contributed by atoms with E-state index in [-0.39, 0.29) is 46.7 Å². The Morgan fingerprint density at radius 1 is 0.600 bits per heavy atom. The fourth-order valence-corrected chi connectivity index (χ4v) is 4.00. The lowest BCUT2D eigenvalue weighted by Crippen LogP contribution is -2.17. The average molecular weight is 555 g/mol. The molecular formula is C32H42O8. The molecule has 0 saturated heterocycles. The van der Waals surface area contributed by atoms with Gasteiger partial charge in [-0.1, -0.05) is 41.5 Å². The van der Waals surface area contributed by atoms with Crippen molar-refractivity contribution in [3.8, 4) is 22.6 Å². The van der Waals surface area contributed by atoms with Crippen molar-refractivity contribution in [2.75, 3.05) is 13.2 Å². The van der Waals surface area contributed by atoms with Crippen LogP contribution in [0.5, 0.6) is 11.5 Å². The molecule has 0 aromatic heterocycles. The van der Waals surface area contributed by atoms with Crippen molar-refractivity contribution < 1.29 is 38.1 Å². The van der Waals surface area contributed by atoms with E-state index in [1.165, 1.54) is 26.0 Å². The minimum Gasteiger partial charge on any atom is -0.462 e. The molecule has 0 unspecified atom stereocenters. The van der Waals surface area contributed by atoms with Crippen molar-refractivity contribution in [1.29, 1.82) is 0 Å². The van der Waals surface area contributed by atoms with Crippen molar-refractivity contribution in [2.45, 2.75) is 82.1 Å². The summed E-state index contributed by atoms with van der Waals surface area (Å²) in [6.45, 7) is 18.7. The zero-order chi connectivity index (χ0) is 30.4. The van der Waals surface area contributed by atoms with Gasteiger partial charge in [0.1, 0.15) is 11.5 Å². The maximum Gasteiger partial charge on any atom is 0.338 e. The highest BCUT2D eigenvalue weighted by Gasteiger charge is 2.27. The third kappa shape index (κ3) is 9.81. The predicted octanol–water partition coefficient (Wildman–Crippen LogP) is 7.01. The standard InChI is InChI=1S/C32H42O8/c1-19-15-23(39-21(3)33)17-25(29(35)37-13-11-31(5,6)7)27(19)28-20(2)16-24(40-22(4)34)18-26(28)30(36)38-14-12-32(8,9)10/h15-18H,11-14H2,1-10H3. The molecule has 0 aliphatic carbocycles. The summed E-state index contributed by atoms with van der Waals surface area (Å²) in [6, 6.07) is 6.13. The van der Waals surface area contributed by atoms with Crippen molar-refractivity contribution in [3.05, 3.63) is 46.5 Å². The maximum atomic E-state index is 13.5. The smallest absolute Gasteiger partial charge is 0.338 e. The van der Waals surface area contributed by atoms with Gasteiger partial charge in [0, 0.05) is 25.0 Å². The van der Waals surface area contributed by atoms with Crippen LogP contribution < -0.4 is 9.47 Å². The van der Waals surface area contributed by atoms with E-state index >= 15 is 0 Å². The number of esters is 4. The van der Waals surface area contributed by atoms with E-state index < -0.39 is 23.9 Å². The fourth-order valence-electron chi connectivity index (χ4n) is 4.00. The largest absolute Gasteiger partial charge is 0.462 e. The van der Waals surface area contributed by atoms with E-state index in [0.717, 1.165) is 0 Å². The minimum absolute atomic E-state index is 0.0499. The molecule has 8 nitrogen and oxygen atoms in total. The molecule has 0 amide bonds. The van der Waals surface area contributed by atoms with Gasteiger partial charge in [0.05, 0.1) is 24.3 Å². The molecule has 2 aromatic carbocycles. The molecule has 8 heteroatoms. The second kappa shape index (κ2) is 13.1. The van der Waals surface area contributed by atoms with Gasteiger partial charge in [-0.25, -0.2) is 9.59 Å². The number of hydrogen-bond acceptors (Lipinski definition) is 8. The maximum absolute atomic E-state index is 13.5. The van der Waals surface area contributed by atoms with Crippen molar-refractivity contribution in [2.24, 2.45) is 10.8 Å². The van der Waals surface area contributed by atoms with Crippen LogP contribution in [0, 0.1) is 24.7 Å². The van der Waals surface area contributed by atoms with Gasteiger partial charge in [-0.05, 0) is 72.9 Å². The Bertz CT molecular complexity index is 1180. The van der Waals surface area contributed by atoms with Crippen LogP contribution in [0.1, 0.15) is 100 Å². The van der Waals surface area contributed by atoms with Crippen LogP contribution in [0.25, 0.3) is 11.1 Å². The lowest BCUT2D eigenvalue weighted by Gasteiger charge is -2.22. The van der Waals surface area contributed by atoms with Crippen molar-refractivity contribution in [1.82, 2.24) is 0 Å². The van der Waals surface area contributed by atoms with Crippen molar-refractivity contribution in [3.63, 3.8) is 0 Å². The van der Waals surface area contributed by atoms with E-state index in [0.29, 0.717) is 35.1 Å². The van der Waals surface area contributed by atoms with Crippen LogP contribution in [0.3, 0.4) is 0 Å². The Kier molecular flexibility index (Phi) is 10.7. The van der Waals surface area contributed by atoms with Gasteiger partial charge in [0.25, 0.3) is 0 Å². The third-order valence-corrected chi connectivity index (χ3v) is 6.00. The lowest BCUT2D eigenvalue weighted by atomic mass is 9.88. The number of rotatable bonds is 9. The van der Waals surface area contributed by atoms with Crippen LogP contribution in [0.15, 0.2) is 24.3 Å². The monoisotopic (exact) mass is 554 g/mol. The number of aryl methyl sites for hydroxylation is 2.